The third-order valence-corrected chi connectivity index (χ3v) is 5.48. The predicted octanol–water partition coefficient (Wildman–Crippen LogP) is 3.32. The Bertz CT molecular complexity index is 950. The number of fused-ring (bicyclic) bond motifs is 1. The largest absolute Gasteiger partial charge is 0.496 e. The Hall–Kier alpha value is -2.99. The van der Waals surface area contributed by atoms with Gasteiger partial charge in [0.15, 0.2) is 11.4 Å². The van der Waals surface area contributed by atoms with Gasteiger partial charge in [-0.1, -0.05) is 35.7 Å². The number of thioether (sulfide) groups is 2. The second kappa shape index (κ2) is 6.64. The zero-order chi connectivity index (χ0) is 17.1. The first-order valence-corrected chi connectivity index (χ1v) is 8.20. The minimum Gasteiger partial charge on any atom is -0.496 e. The van der Waals surface area contributed by atoms with Crippen LogP contribution in [0.15, 0.2) is 38.6 Å². The molecule has 0 saturated carbocycles. The molecular formula is C16H7N5OS2. The number of rotatable bonds is 2. The van der Waals surface area contributed by atoms with Crippen molar-refractivity contribution in [2.24, 2.45) is 0 Å². The number of benzene rings is 1. The highest BCUT2D eigenvalue weighted by Gasteiger charge is 2.27. The lowest BCUT2D eigenvalue weighted by atomic mass is 10.1. The summed E-state index contributed by atoms with van der Waals surface area (Å²) in [6, 6.07) is 13.2. The number of ether oxygens (including phenoxy) is 1. The lowest BCUT2D eigenvalue weighted by Crippen LogP contribution is -1.96. The summed E-state index contributed by atoms with van der Waals surface area (Å²) in [5.41, 5.74) is 1.09. The Kier molecular flexibility index (Phi) is 4.39. The zero-order valence-electron chi connectivity index (χ0n) is 12.3. The fourth-order valence-corrected chi connectivity index (χ4v) is 4.36. The lowest BCUT2D eigenvalue weighted by molar-refractivity contribution is 0.413. The molecule has 1 aromatic heterocycles. The first-order valence-electron chi connectivity index (χ1n) is 6.57. The van der Waals surface area contributed by atoms with Crippen molar-refractivity contribution in [2.45, 2.75) is 10.1 Å². The van der Waals surface area contributed by atoms with Gasteiger partial charge in [0, 0.05) is 5.56 Å². The van der Waals surface area contributed by atoms with E-state index in [1.165, 1.54) is 23.5 Å². The Labute approximate surface area is 146 Å². The summed E-state index contributed by atoms with van der Waals surface area (Å²) in [4.78, 5) is 8.33. The number of para-hydroxylation sites is 1. The molecule has 0 spiro atoms. The van der Waals surface area contributed by atoms with Gasteiger partial charge in [-0.15, -0.1) is 0 Å². The standard InChI is InChI=1S/C16H7N5OS2/c1-22-13-5-3-2-4-9(13)10(6-17)16-23-14-15(24-16)21-12(8-19)11(7-18)20-14/h2-5H,1H3. The van der Waals surface area contributed by atoms with Crippen molar-refractivity contribution >= 4 is 29.1 Å². The van der Waals surface area contributed by atoms with Crippen molar-refractivity contribution in [1.29, 1.82) is 15.8 Å². The summed E-state index contributed by atoms with van der Waals surface area (Å²) >= 11 is 2.52. The van der Waals surface area contributed by atoms with Crippen molar-refractivity contribution < 1.29 is 4.74 Å². The van der Waals surface area contributed by atoms with Crippen LogP contribution in [-0.4, -0.2) is 17.1 Å². The first-order chi connectivity index (χ1) is 11.7. The highest BCUT2D eigenvalue weighted by molar-refractivity contribution is 8.24. The maximum Gasteiger partial charge on any atom is 0.178 e. The molecule has 8 heteroatoms. The molecule has 114 valence electrons. The topological polar surface area (TPSA) is 106 Å². The molecule has 0 amide bonds. The molecule has 1 aliphatic rings. The molecule has 0 atom stereocenters. The van der Waals surface area contributed by atoms with Gasteiger partial charge in [-0.3, -0.25) is 0 Å². The molecule has 2 heterocycles. The number of hydrogen-bond acceptors (Lipinski definition) is 8. The molecule has 6 nitrogen and oxygen atoms in total. The maximum absolute atomic E-state index is 9.60. The monoisotopic (exact) mass is 349 g/mol. The van der Waals surface area contributed by atoms with Crippen LogP contribution >= 0.6 is 23.5 Å². The second-order valence-corrected chi connectivity index (χ2v) is 6.69. The molecule has 0 saturated heterocycles. The molecule has 0 N–H and O–H groups in total. The molecule has 2 aromatic rings. The zero-order valence-corrected chi connectivity index (χ0v) is 13.9. The van der Waals surface area contributed by atoms with Crippen LogP contribution < -0.4 is 4.74 Å². The fraction of sp³-hybridized carbons (Fsp3) is 0.0625. The summed E-state index contributed by atoms with van der Waals surface area (Å²) in [6.07, 6.45) is 0. The van der Waals surface area contributed by atoms with Gasteiger partial charge in [-0.2, -0.15) is 15.8 Å². The van der Waals surface area contributed by atoms with Crippen molar-refractivity contribution in [2.75, 3.05) is 7.11 Å². The van der Waals surface area contributed by atoms with Crippen LogP contribution in [-0.2, 0) is 0 Å². The van der Waals surface area contributed by atoms with Gasteiger partial charge < -0.3 is 4.74 Å². The Morgan fingerprint density at radius 1 is 1.00 bits per heavy atom. The molecule has 0 aliphatic carbocycles. The van der Waals surface area contributed by atoms with Gasteiger partial charge in [-0.05, 0) is 12.1 Å². The third-order valence-electron chi connectivity index (χ3n) is 3.12. The molecule has 24 heavy (non-hydrogen) atoms. The van der Waals surface area contributed by atoms with Gasteiger partial charge in [0.2, 0.25) is 0 Å². The quantitative estimate of drug-likeness (QED) is 0.760. The van der Waals surface area contributed by atoms with Gasteiger partial charge in [0.05, 0.1) is 16.9 Å². The Morgan fingerprint density at radius 2 is 1.58 bits per heavy atom. The van der Waals surface area contributed by atoms with Gasteiger partial charge in [-0.25, -0.2) is 9.97 Å². The minimum absolute atomic E-state index is 0.0126. The number of aromatic nitrogens is 2. The molecule has 0 bridgehead atoms. The molecule has 0 fully saturated rings. The van der Waals surface area contributed by atoms with Crippen LogP contribution in [0.1, 0.15) is 17.0 Å². The Morgan fingerprint density at radius 3 is 2.08 bits per heavy atom. The van der Waals surface area contributed by atoms with Gasteiger partial charge in [0.25, 0.3) is 0 Å². The molecule has 0 radical (unpaired) electrons. The van der Waals surface area contributed by atoms with E-state index in [2.05, 4.69) is 16.0 Å². The van der Waals surface area contributed by atoms with E-state index in [4.69, 9.17) is 15.3 Å². The van der Waals surface area contributed by atoms with E-state index in [0.29, 0.717) is 31.2 Å². The minimum atomic E-state index is -0.0126. The summed E-state index contributed by atoms with van der Waals surface area (Å²) < 4.78 is 6.01. The summed E-state index contributed by atoms with van der Waals surface area (Å²) in [6.45, 7) is 0. The number of methoxy groups -OCH3 is 1. The third kappa shape index (κ3) is 2.68. The van der Waals surface area contributed by atoms with E-state index < -0.39 is 0 Å². The van der Waals surface area contributed by atoms with Crippen LogP contribution in [0.3, 0.4) is 0 Å². The molecule has 3 rings (SSSR count). The fourth-order valence-electron chi connectivity index (χ4n) is 2.06. The number of nitriles is 3. The average Bonchev–Trinajstić information content (AvgIpc) is 3.03. The predicted molar refractivity (Wildman–Crippen MR) is 88.7 cm³/mol. The van der Waals surface area contributed by atoms with Crippen molar-refractivity contribution in [3.05, 3.63) is 45.5 Å². The van der Waals surface area contributed by atoms with Crippen LogP contribution in [0.4, 0.5) is 0 Å². The van der Waals surface area contributed by atoms with Crippen molar-refractivity contribution in [3.8, 4) is 24.0 Å². The number of hydrogen-bond donors (Lipinski definition) is 0. The highest BCUT2D eigenvalue weighted by atomic mass is 32.2. The summed E-state index contributed by atoms with van der Waals surface area (Å²) in [7, 11) is 1.55. The van der Waals surface area contributed by atoms with E-state index in [1.54, 1.807) is 19.2 Å². The first kappa shape index (κ1) is 15.9. The molecule has 1 aliphatic heterocycles. The van der Waals surface area contributed by atoms with E-state index >= 15 is 0 Å². The van der Waals surface area contributed by atoms with Crippen LogP contribution in [0.25, 0.3) is 5.57 Å². The van der Waals surface area contributed by atoms with E-state index in [-0.39, 0.29) is 11.4 Å². The van der Waals surface area contributed by atoms with Gasteiger partial charge >= 0.3 is 0 Å². The highest BCUT2D eigenvalue weighted by Crippen LogP contribution is 2.52. The maximum atomic E-state index is 9.60. The van der Waals surface area contributed by atoms with Crippen LogP contribution in [0.5, 0.6) is 5.75 Å². The van der Waals surface area contributed by atoms with Gasteiger partial charge in [0.1, 0.15) is 34.0 Å². The SMILES string of the molecule is COc1ccccc1C(C#N)=C1Sc2nc(C#N)c(C#N)nc2S1. The van der Waals surface area contributed by atoms with Crippen molar-refractivity contribution in [3.63, 3.8) is 0 Å². The second-order valence-electron chi connectivity index (χ2n) is 4.43. The van der Waals surface area contributed by atoms with E-state index in [1.807, 2.05) is 24.3 Å². The summed E-state index contributed by atoms with van der Waals surface area (Å²) in [5.74, 6) is 0.593. The smallest absolute Gasteiger partial charge is 0.178 e. The normalized spacial score (nSPS) is 11.8. The summed E-state index contributed by atoms with van der Waals surface area (Å²) in [5, 5.41) is 28.7. The molecular weight excluding hydrogens is 342 g/mol. The molecule has 1 aromatic carbocycles. The van der Waals surface area contributed by atoms with Crippen LogP contribution in [0, 0.1) is 34.0 Å². The van der Waals surface area contributed by atoms with E-state index in [0.717, 1.165) is 0 Å². The van der Waals surface area contributed by atoms with Crippen molar-refractivity contribution in [1.82, 2.24) is 9.97 Å². The van der Waals surface area contributed by atoms with Crippen LogP contribution in [0.2, 0.25) is 0 Å². The number of nitrogens with zero attached hydrogens (tertiary/aromatic N) is 5. The average molecular weight is 349 g/mol. The lowest BCUT2D eigenvalue weighted by Gasteiger charge is -2.08. The Balaban J connectivity index is 2.11. The number of allylic oxidation sites excluding steroid dienone is 1. The molecule has 0 unspecified atom stereocenters. The van der Waals surface area contributed by atoms with E-state index in [9.17, 15) is 5.26 Å².